The smallest absolute Gasteiger partial charge is 0.416 e. The van der Waals surface area contributed by atoms with E-state index >= 15 is 0 Å². The highest BCUT2D eigenvalue weighted by atomic mass is 32.1. The van der Waals surface area contributed by atoms with Crippen LogP contribution in [0, 0.1) is 5.92 Å². The Kier molecular flexibility index (Phi) is 6.04. The number of hydrogen-bond donors (Lipinski definition) is 1. The normalized spacial score (nSPS) is 15.9. The third kappa shape index (κ3) is 4.83. The number of ether oxygens (including phenoxy) is 1. The molecule has 132 valence electrons. The number of hydrogen-bond acceptors (Lipinski definition) is 3. The van der Waals surface area contributed by atoms with Crippen LogP contribution in [0.2, 0.25) is 0 Å². The molecule has 24 heavy (non-hydrogen) atoms. The highest BCUT2D eigenvalue weighted by Crippen LogP contribution is 2.30. The third-order valence-corrected chi connectivity index (χ3v) is 4.23. The lowest BCUT2D eigenvalue weighted by atomic mass is 9.97. The van der Waals surface area contributed by atoms with E-state index in [1.54, 1.807) is 6.92 Å². The minimum Gasteiger partial charge on any atom is -0.466 e. The highest BCUT2D eigenvalue weighted by Gasteiger charge is 2.30. The van der Waals surface area contributed by atoms with E-state index in [-0.39, 0.29) is 11.9 Å². The molecule has 1 N–H and O–H groups in total. The number of nitrogens with zero attached hydrogens (tertiary/aromatic N) is 1. The van der Waals surface area contributed by atoms with Crippen molar-refractivity contribution in [3.8, 4) is 0 Å². The summed E-state index contributed by atoms with van der Waals surface area (Å²) >= 11 is 5.29. The van der Waals surface area contributed by atoms with Crippen molar-refractivity contribution in [2.24, 2.45) is 5.92 Å². The van der Waals surface area contributed by atoms with Gasteiger partial charge in [0.1, 0.15) is 0 Å². The number of nitrogens with one attached hydrogen (secondary N) is 1. The van der Waals surface area contributed by atoms with Crippen molar-refractivity contribution < 1.29 is 22.7 Å². The fourth-order valence-electron chi connectivity index (χ4n) is 2.52. The standard InChI is InChI=1S/C16H19F3N2O2S/c1-2-23-14(22)11-7-9-21(10-8-11)15(24)20-13-5-3-12(4-6-13)16(17,18)19/h3-6,11H,2,7-10H2,1H3,(H,20,24). The van der Waals surface area contributed by atoms with Crippen molar-refractivity contribution in [2.45, 2.75) is 25.9 Å². The average molecular weight is 360 g/mol. The summed E-state index contributed by atoms with van der Waals surface area (Å²) in [5.74, 6) is -0.297. The first kappa shape index (κ1) is 18.5. The summed E-state index contributed by atoms with van der Waals surface area (Å²) in [6.45, 7) is 3.36. The zero-order valence-corrected chi connectivity index (χ0v) is 14.0. The molecule has 1 aromatic carbocycles. The Morgan fingerprint density at radius 2 is 1.88 bits per heavy atom. The van der Waals surface area contributed by atoms with Crippen molar-refractivity contribution in [3.05, 3.63) is 29.8 Å². The molecule has 0 amide bonds. The molecule has 0 aliphatic carbocycles. The summed E-state index contributed by atoms with van der Waals surface area (Å²) in [4.78, 5) is 13.6. The Morgan fingerprint density at radius 3 is 2.38 bits per heavy atom. The molecule has 0 spiro atoms. The largest absolute Gasteiger partial charge is 0.466 e. The van der Waals surface area contributed by atoms with E-state index in [0.717, 1.165) is 12.1 Å². The second kappa shape index (κ2) is 7.83. The van der Waals surface area contributed by atoms with Crippen LogP contribution in [0.4, 0.5) is 18.9 Å². The van der Waals surface area contributed by atoms with Gasteiger partial charge in [-0.3, -0.25) is 4.79 Å². The van der Waals surface area contributed by atoms with E-state index in [9.17, 15) is 18.0 Å². The summed E-state index contributed by atoms with van der Waals surface area (Å²) in [6.07, 6.45) is -3.06. The van der Waals surface area contributed by atoms with Crippen LogP contribution in [0.5, 0.6) is 0 Å². The summed E-state index contributed by atoms with van der Waals surface area (Å²) in [7, 11) is 0. The minimum atomic E-state index is -4.35. The molecule has 0 radical (unpaired) electrons. The Labute approximate surface area is 144 Å². The van der Waals surface area contributed by atoms with E-state index in [4.69, 9.17) is 17.0 Å². The molecule has 2 rings (SSSR count). The van der Waals surface area contributed by atoms with Crippen LogP contribution in [0.3, 0.4) is 0 Å². The number of carbonyl (C=O) groups is 1. The number of anilines is 1. The lowest BCUT2D eigenvalue weighted by molar-refractivity contribution is -0.149. The van der Waals surface area contributed by atoms with Crippen molar-refractivity contribution in [1.82, 2.24) is 4.90 Å². The van der Waals surface area contributed by atoms with Gasteiger partial charge in [-0.2, -0.15) is 13.2 Å². The van der Waals surface area contributed by atoms with Crippen LogP contribution < -0.4 is 5.32 Å². The topological polar surface area (TPSA) is 41.6 Å². The van der Waals surface area contributed by atoms with E-state index in [1.807, 2.05) is 4.90 Å². The molecule has 8 heteroatoms. The van der Waals surface area contributed by atoms with Crippen molar-refractivity contribution >= 4 is 29.0 Å². The van der Waals surface area contributed by atoms with Crippen molar-refractivity contribution in [3.63, 3.8) is 0 Å². The molecule has 0 saturated carbocycles. The summed E-state index contributed by atoms with van der Waals surface area (Å²) in [6, 6.07) is 4.72. The number of alkyl halides is 3. The zero-order chi connectivity index (χ0) is 17.7. The molecule has 1 heterocycles. The number of piperidine rings is 1. The molecule has 0 unspecified atom stereocenters. The van der Waals surface area contributed by atoms with Gasteiger partial charge >= 0.3 is 12.1 Å². The molecule has 1 saturated heterocycles. The van der Waals surface area contributed by atoms with Crippen LogP contribution in [0.1, 0.15) is 25.3 Å². The first-order valence-electron chi connectivity index (χ1n) is 7.71. The number of carbonyl (C=O) groups excluding carboxylic acids is 1. The van der Waals surface area contributed by atoms with Gasteiger partial charge in [0.15, 0.2) is 5.11 Å². The Balaban J connectivity index is 1.86. The van der Waals surface area contributed by atoms with Crippen molar-refractivity contribution in [1.29, 1.82) is 0 Å². The number of thiocarbonyl (C=S) groups is 1. The summed E-state index contributed by atoms with van der Waals surface area (Å²) < 4.78 is 42.6. The molecular weight excluding hydrogens is 341 g/mol. The van der Waals surface area contributed by atoms with Crippen molar-refractivity contribution in [2.75, 3.05) is 25.0 Å². The first-order valence-corrected chi connectivity index (χ1v) is 8.12. The van der Waals surface area contributed by atoms with Crippen LogP contribution in [0.15, 0.2) is 24.3 Å². The van der Waals surface area contributed by atoms with E-state index in [0.29, 0.717) is 43.3 Å². The van der Waals surface area contributed by atoms with Gasteiger partial charge in [0.2, 0.25) is 0 Å². The second-order valence-corrected chi connectivity index (χ2v) is 5.91. The van der Waals surface area contributed by atoms with Gasteiger partial charge in [-0.1, -0.05) is 0 Å². The fraction of sp³-hybridized carbons (Fsp3) is 0.500. The lowest BCUT2D eigenvalue weighted by Crippen LogP contribution is -2.42. The quantitative estimate of drug-likeness (QED) is 0.658. The van der Waals surface area contributed by atoms with E-state index in [1.165, 1.54) is 12.1 Å². The van der Waals surface area contributed by atoms with Gasteiger partial charge in [-0.25, -0.2) is 0 Å². The number of halogens is 3. The number of esters is 1. The Hall–Kier alpha value is -1.83. The predicted octanol–water partition coefficient (Wildman–Crippen LogP) is 3.68. The van der Waals surface area contributed by atoms with Gasteiger partial charge in [-0.05, 0) is 56.2 Å². The lowest BCUT2D eigenvalue weighted by Gasteiger charge is -2.32. The Bertz CT molecular complexity index is 582. The molecular formula is C16H19F3N2O2S. The Morgan fingerprint density at radius 1 is 1.29 bits per heavy atom. The molecule has 1 aliphatic rings. The maximum Gasteiger partial charge on any atom is 0.416 e. The number of likely N-dealkylation sites (tertiary alicyclic amines) is 1. The molecule has 0 aromatic heterocycles. The highest BCUT2D eigenvalue weighted by molar-refractivity contribution is 7.80. The molecule has 1 fully saturated rings. The molecule has 4 nitrogen and oxygen atoms in total. The second-order valence-electron chi connectivity index (χ2n) is 5.52. The van der Waals surface area contributed by atoms with Gasteiger partial charge in [0, 0.05) is 18.8 Å². The maximum absolute atomic E-state index is 12.5. The minimum absolute atomic E-state index is 0.116. The average Bonchev–Trinajstić information content (AvgIpc) is 2.55. The van der Waals surface area contributed by atoms with E-state index < -0.39 is 11.7 Å². The van der Waals surface area contributed by atoms with Crippen LogP contribution in [0.25, 0.3) is 0 Å². The van der Waals surface area contributed by atoms with Gasteiger partial charge in [0.05, 0.1) is 18.1 Å². The molecule has 1 aliphatic heterocycles. The maximum atomic E-state index is 12.5. The fourth-order valence-corrected chi connectivity index (χ4v) is 2.82. The van der Waals surface area contributed by atoms with Crippen LogP contribution >= 0.6 is 12.2 Å². The van der Waals surface area contributed by atoms with E-state index in [2.05, 4.69) is 5.32 Å². The van der Waals surface area contributed by atoms with Gasteiger partial charge in [-0.15, -0.1) is 0 Å². The number of benzene rings is 1. The summed E-state index contributed by atoms with van der Waals surface area (Å²) in [5, 5.41) is 3.38. The van der Waals surface area contributed by atoms with Gasteiger partial charge < -0.3 is 15.0 Å². The number of rotatable bonds is 3. The monoisotopic (exact) mass is 360 g/mol. The first-order chi connectivity index (χ1) is 11.3. The third-order valence-electron chi connectivity index (χ3n) is 3.87. The zero-order valence-electron chi connectivity index (χ0n) is 13.2. The SMILES string of the molecule is CCOC(=O)C1CCN(C(=S)Nc2ccc(C(F)(F)F)cc2)CC1. The molecule has 1 aromatic rings. The summed E-state index contributed by atoms with van der Waals surface area (Å²) in [5.41, 5.74) is -0.199. The van der Waals surface area contributed by atoms with Crippen LogP contribution in [-0.4, -0.2) is 35.7 Å². The molecule has 0 bridgehead atoms. The predicted molar refractivity (Wildman–Crippen MR) is 88.6 cm³/mol. The van der Waals surface area contributed by atoms with Gasteiger partial charge in [0.25, 0.3) is 0 Å². The van der Waals surface area contributed by atoms with Crippen LogP contribution in [-0.2, 0) is 15.7 Å². The molecule has 0 atom stereocenters.